The van der Waals surface area contributed by atoms with Crippen LogP contribution >= 0.6 is 0 Å². The van der Waals surface area contributed by atoms with E-state index in [1.165, 1.54) is 12.5 Å². The lowest BCUT2D eigenvalue weighted by Crippen LogP contribution is -2.47. The monoisotopic (exact) mass is 303 g/mol. The van der Waals surface area contributed by atoms with Crippen LogP contribution in [0.1, 0.15) is 25.8 Å². The first-order valence-corrected chi connectivity index (χ1v) is 7.88. The minimum atomic E-state index is -0.446. The minimum absolute atomic E-state index is 0.0109. The highest BCUT2D eigenvalue weighted by molar-refractivity contribution is 5.86. The van der Waals surface area contributed by atoms with Gasteiger partial charge in [0.2, 0.25) is 11.8 Å². The molecule has 2 amide bonds. The van der Waals surface area contributed by atoms with E-state index in [0.717, 1.165) is 39.1 Å². The van der Waals surface area contributed by atoms with Gasteiger partial charge >= 0.3 is 0 Å². The second-order valence-corrected chi connectivity index (χ2v) is 5.86. The Labute approximate surface area is 132 Å². The summed E-state index contributed by atoms with van der Waals surface area (Å²) in [4.78, 5) is 27.7. The lowest BCUT2D eigenvalue weighted by molar-refractivity contribution is -0.135. The summed E-state index contributed by atoms with van der Waals surface area (Å²) in [6.07, 6.45) is 0.964. The second kappa shape index (κ2) is 7.94. The molecule has 5 nitrogen and oxygen atoms in total. The zero-order valence-electron chi connectivity index (χ0n) is 13.4. The van der Waals surface area contributed by atoms with Crippen molar-refractivity contribution in [1.82, 2.24) is 15.1 Å². The number of rotatable bonds is 4. The summed E-state index contributed by atoms with van der Waals surface area (Å²) >= 11 is 0. The molecular formula is C17H25N3O2. The third-order valence-corrected chi connectivity index (χ3v) is 3.94. The summed E-state index contributed by atoms with van der Waals surface area (Å²) in [6.45, 7) is 7.44. The van der Waals surface area contributed by atoms with Crippen molar-refractivity contribution in [1.29, 1.82) is 0 Å². The molecule has 0 aromatic heterocycles. The number of hydrogen-bond acceptors (Lipinski definition) is 3. The Balaban J connectivity index is 1.87. The van der Waals surface area contributed by atoms with Crippen molar-refractivity contribution in [3.05, 3.63) is 35.9 Å². The molecule has 1 fully saturated rings. The number of nitrogens with zero attached hydrogens (tertiary/aromatic N) is 2. The van der Waals surface area contributed by atoms with Crippen molar-refractivity contribution >= 4 is 11.8 Å². The van der Waals surface area contributed by atoms with Crippen molar-refractivity contribution < 1.29 is 9.59 Å². The number of carbonyl (C=O) groups excluding carboxylic acids is 2. The van der Waals surface area contributed by atoms with E-state index in [2.05, 4.69) is 34.5 Å². The molecule has 1 saturated heterocycles. The van der Waals surface area contributed by atoms with Gasteiger partial charge in [0.15, 0.2) is 0 Å². The van der Waals surface area contributed by atoms with E-state index in [9.17, 15) is 9.59 Å². The molecule has 0 radical (unpaired) electrons. The molecule has 1 aliphatic rings. The number of amides is 2. The Morgan fingerprint density at radius 1 is 1.14 bits per heavy atom. The van der Waals surface area contributed by atoms with Crippen molar-refractivity contribution in [2.45, 2.75) is 32.9 Å². The normalized spacial score (nSPS) is 17.6. The van der Waals surface area contributed by atoms with Gasteiger partial charge in [-0.25, -0.2) is 0 Å². The van der Waals surface area contributed by atoms with Gasteiger partial charge in [-0.2, -0.15) is 0 Å². The van der Waals surface area contributed by atoms with Crippen LogP contribution in [0, 0.1) is 0 Å². The summed E-state index contributed by atoms with van der Waals surface area (Å²) in [7, 11) is 0. The molecule has 1 aromatic carbocycles. The van der Waals surface area contributed by atoms with Gasteiger partial charge in [0, 0.05) is 39.6 Å². The van der Waals surface area contributed by atoms with E-state index < -0.39 is 6.04 Å². The van der Waals surface area contributed by atoms with Crippen molar-refractivity contribution in [3.63, 3.8) is 0 Å². The highest BCUT2D eigenvalue weighted by Crippen LogP contribution is 2.09. The van der Waals surface area contributed by atoms with Crippen LogP contribution in [-0.4, -0.2) is 53.8 Å². The van der Waals surface area contributed by atoms with Gasteiger partial charge in [-0.3, -0.25) is 14.5 Å². The molecule has 120 valence electrons. The minimum Gasteiger partial charge on any atom is -0.345 e. The topological polar surface area (TPSA) is 52.7 Å². The maximum Gasteiger partial charge on any atom is 0.244 e. The van der Waals surface area contributed by atoms with Crippen LogP contribution in [0.15, 0.2) is 30.3 Å². The first-order valence-electron chi connectivity index (χ1n) is 7.88. The fourth-order valence-corrected chi connectivity index (χ4v) is 2.83. The maximum atomic E-state index is 12.3. The van der Waals surface area contributed by atoms with Crippen LogP contribution in [0.2, 0.25) is 0 Å². The molecule has 0 spiro atoms. The predicted octanol–water partition coefficient (Wildman–Crippen LogP) is 1.25. The molecule has 2 rings (SSSR count). The number of nitrogens with one attached hydrogen (secondary N) is 1. The van der Waals surface area contributed by atoms with Gasteiger partial charge in [0.05, 0.1) is 0 Å². The van der Waals surface area contributed by atoms with Gasteiger partial charge in [0.1, 0.15) is 6.04 Å². The number of carbonyl (C=O) groups is 2. The van der Waals surface area contributed by atoms with E-state index in [1.54, 1.807) is 6.92 Å². The van der Waals surface area contributed by atoms with Crippen molar-refractivity contribution in [2.75, 3.05) is 26.2 Å². The molecular weight excluding hydrogens is 278 g/mol. The van der Waals surface area contributed by atoms with Gasteiger partial charge < -0.3 is 10.2 Å². The number of hydrogen-bond donors (Lipinski definition) is 1. The van der Waals surface area contributed by atoms with E-state index in [0.29, 0.717) is 0 Å². The van der Waals surface area contributed by atoms with Crippen LogP contribution in [-0.2, 0) is 16.1 Å². The molecule has 0 aliphatic carbocycles. The highest BCUT2D eigenvalue weighted by atomic mass is 16.2. The van der Waals surface area contributed by atoms with Crippen molar-refractivity contribution in [2.24, 2.45) is 0 Å². The molecule has 0 bridgehead atoms. The zero-order valence-corrected chi connectivity index (χ0v) is 13.4. The predicted molar refractivity (Wildman–Crippen MR) is 86.2 cm³/mol. The molecule has 1 atom stereocenters. The lowest BCUT2D eigenvalue weighted by Gasteiger charge is -2.25. The smallest absolute Gasteiger partial charge is 0.244 e. The van der Waals surface area contributed by atoms with E-state index in [-0.39, 0.29) is 11.8 Å². The van der Waals surface area contributed by atoms with E-state index >= 15 is 0 Å². The largest absolute Gasteiger partial charge is 0.345 e. The molecule has 1 aromatic rings. The molecule has 22 heavy (non-hydrogen) atoms. The first-order chi connectivity index (χ1) is 10.6. The average Bonchev–Trinajstić information content (AvgIpc) is 2.72. The summed E-state index contributed by atoms with van der Waals surface area (Å²) in [6, 6.07) is 9.95. The molecule has 5 heteroatoms. The van der Waals surface area contributed by atoms with Crippen LogP contribution < -0.4 is 5.32 Å². The lowest BCUT2D eigenvalue weighted by atomic mass is 10.2. The SMILES string of the molecule is CC(=O)NC(C)C(=O)N1CCCN(Cc2ccccc2)CC1. The zero-order chi connectivity index (χ0) is 15.9. The Morgan fingerprint density at radius 3 is 2.55 bits per heavy atom. The molecule has 1 unspecified atom stereocenters. The summed E-state index contributed by atoms with van der Waals surface area (Å²) < 4.78 is 0. The van der Waals surface area contributed by atoms with Gasteiger partial charge in [0.25, 0.3) is 0 Å². The quantitative estimate of drug-likeness (QED) is 0.911. The standard InChI is InChI=1S/C17H25N3O2/c1-14(18-15(2)21)17(22)20-10-6-9-19(11-12-20)13-16-7-4-3-5-8-16/h3-5,7-8,14H,6,9-13H2,1-2H3,(H,18,21). The molecule has 1 aliphatic heterocycles. The van der Waals surface area contributed by atoms with Gasteiger partial charge in [-0.1, -0.05) is 30.3 Å². The van der Waals surface area contributed by atoms with Crippen LogP contribution in [0.25, 0.3) is 0 Å². The van der Waals surface area contributed by atoms with E-state index in [4.69, 9.17) is 0 Å². The van der Waals surface area contributed by atoms with Crippen LogP contribution in [0.4, 0.5) is 0 Å². The Kier molecular flexibility index (Phi) is 5.95. The van der Waals surface area contributed by atoms with Gasteiger partial charge in [-0.05, 0) is 18.9 Å². The third kappa shape index (κ3) is 4.84. The Morgan fingerprint density at radius 2 is 1.86 bits per heavy atom. The first kappa shape index (κ1) is 16.5. The fourth-order valence-electron chi connectivity index (χ4n) is 2.83. The van der Waals surface area contributed by atoms with Crippen LogP contribution in [0.3, 0.4) is 0 Å². The Bertz CT molecular complexity index is 504. The highest BCUT2D eigenvalue weighted by Gasteiger charge is 2.23. The summed E-state index contributed by atoms with van der Waals surface area (Å²) in [5.74, 6) is -0.155. The second-order valence-electron chi connectivity index (χ2n) is 5.86. The number of benzene rings is 1. The third-order valence-electron chi connectivity index (χ3n) is 3.94. The average molecular weight is 303 g/mol. The summed E-state index contributed by atoms with van der Waals surface area (Å²) in [5, 5.41) is 2.67. The van der Waals surface area contributed by atoms with Crippen molar-refractivity contribution in [3.8, 4) is 0 Å². The molecule has 1 N–H and O–H groups in total. The summed E-state index contributed by atoms with van der Waals surface area (Å²) in [5.41, 5.74) is 1.30. The Hall–Kier alpha value is -1.88. The van der Waals surface area contributed by atoms with E-state index in [1.807, 2.05) is 11.0 Å². The van der Waals surface area contributed by atoms with Gasteiger partial charge in [-0.15, -0.1) is 0 Å². The fraction of sp³-hybridized carbons (Fsp3) is 0.529. The maximum absolute atomic E-state index is 12.3. The van der Waals surface area contributed by atoms with Crippen LogP contribution in [0.5, 0.6) is 0 Å². The molecule has 1 heterocycles. The molecule has 0 saturated carbocycles.